The summed E-state index contributed by atoms with van der Waals surface area (Å²) in [5, 5.41) is 13.9. The third-order valence-corrected chi connectivity index (χ3v) is 4.88. The van der Waals surface area contributed by atoms with E-state index in [1.807, 2.05) is 0 Å². The standard InChI is InChI=1S/C15H17F3N2O2/c16-15(17,18)11-8-10(4-5-12(11)20(21)22)19-13-9-14(13)6-2-1-3-7-14/h4-5,8,13,19H,1-3,6-7,9H2. The largest absolute Gasteiger partial charge is 0.423 e. The Labute approximate surface area is 125 Å². The van der Waals surface area contributed by atoms with E-state index in [0.29, 0.717) is 5.69 Å². The summed E-state index contributed by atoms with van der Waals surface area (Å²) in [7, 11) is 0. The zero-order chi connectivity index (χ0) is 16.0. The molecule has 4 nitrogen and oxygen atoms in total. The molecule has 1 aromatic rings. The lowest BCUT2D eigenvalue weighted by molar-refractivity contribution is -0.388. The van der Waals surface area contributed by atoms with Crippen LogP contribution in [0.2, 0.25) is 0 Å². The number of nitrogens with one attached hydrogen (secondary N) is 1. The number of alkyl halides is 3. The summed E-state index contributed by atoms with van der Waals surface area (Å²) in [5.41, 5.74) is -1.55. The minimum Gasteiger partial charge on any atom is -0.382 e. The zero-order valence-electron chi connectivity index (χ0n) is 11.9. The van der Waals surface area contributed by atoms with Gasteiger partial charge in [0.05, 0.1) is 4.92 Å². The normalized spacial score (nSPS) is 23.3. The zero-order valence-corrected chi connectivity index (χ0v) is 11.9. The first-order chi connectivity index (χ1) is 10.3. The van der Waals surface area contributed by atoms with E-state index in [1.54, 1.807) is 0 Å². The summed E-state index contributed by atoms with van der Waals surface area (Å²) in [5.74, 6) is 0. The van der Waals surface area contributed by atoms with Crippen molar-refractivity contribution in [2.24, 2.45) is 5.41 Å². The second-order valence-electron chi connectivity index (χ2n) is 6.31. The van der Waals surface area contributed by atoms with Crippen LogP contribution in [-0.4, -0.2) is 11.0 Å². The highest BCUT2D eigenvalue weighted by atomic mass is 19.4. The Morgan fingerprint density at radius 1 is 1.23 bits per heavy atom. The topological polar surface area (TPSA) is 55.2 Å². The summed E-state index contributed by atoms with van der Waals surface area (Å²) in [4.78, 5) is 9.75. The number of rotatable bonds is 3. The van der Waals surface area contributed by atoms with E-state index in [1.165, 1.54) is 25.3 Å². The highest BCUT2D eigenvalue weighted by Crippen LogP contribution is 2.57. The van der Waals surface area contributed by atoms with Crippen LogP contribution in [0.4, 0.5) is 24.5 Å². The molecule has 1 unspecified atom stereocenters. The quantitative estimate of drug-likeness (QED) is 0.647. The molecule has 0 amide bonds. The summed E-state index contributed by atoms with van der Waals surface area (Å²) in [6, 6.07) is 3.34. The molecule has 0 bridgehead atoms. The van der Waals surface area contributed by atoms with Crippen molar-refractivity contribution >= 4 is 11.4 Å². The van der Waals surface area contributed by atoms with Crippen molar-refractivity contribution in [1.29, 1.82) is 0 Å². The molecule has 7 heteroatoms. The van der Waals surface area contributed by atoms with Crippen molar-refractivity contribution < 1.29 is 18.1 Å². The molecule has 1 spiro atoms. The van der Waals surface area contributed by atoms with Gasteiger partial charge in [-0.15, -0.1) is 0 Å². The molecule has 1 N–H and O–H groups in total. The maximum absolute atomic E-state index is 13.0. The van der Waals surface area contributed by atoms with E-state index in [2.05, 4.69) is 5.32 Å². The smallest absolute Gasteiger partial charge is 0.382 e. The van der Waals surface area contributed by atoms with Crippen molar-refractivity contribution in [2.75, 3.05) is 5.32 Å². The van der Waals surface area contributed by atoms with Crippen LogP contribution >= 0.6 is 0 Å². The average Bonchev–Trinajstić information content (AvgIpc) is 3.09. The van der Waals surface area contributed by atoms with Gasteiger partial charge in [0.2, 0.25) is 0 Å². The van der Waals surface area contributed by atoms with Crippen LogP contribution in [0.3, 0.4) is 0 Å². The van der Waals surface area contributed by atoms with Crippen LogP contribution in [-0.2, 0) is 6.18 Å². The summed E-state index contributed by atoms with van der Waals surface area (Å²) in [6.07, 6.45) is 2.05. The first-order valence-electron chi connectivity index (χ1n) is 7.44. The number of benzene rings is 1. The molecular formula is C15H17F3N2O2. The van der Waals surface area contributed by atoms with Gasteiger partial charge < -0.3 is 5.32 Å². The molecule has 0 saturated heterocycles. The monoisotopic (exact) mass is 314 g/mol. The van der Waals surface area contributed by atoms with Crippen LogP contribution in [0.5, 0.6) is 0 Å². The highest BCUT2D eigenvalue weighted by molar-refractivity contribution is 5.56. The Morgan fingerprint density at radius 3 is 2.50 bits per heavy atom. The predicted molar refractivity (Wildman–Crippen MR) is 75.6 cm³/mol. The molecule has 2 aliphatic rings. The number of nitro benzene ring substituents is 1. The maximum Gasteiger partial charge on any atom is 0.423 e. The SMILES string of the molecule is O=[N+]([O-])c1ccc(NC2CC23CCCCC3)cc1C(F)(F)F. The Balaban J connectivity index is 1.79. The van der Waals surface area contributed by atoms with Crippen LogP contribution in [0.1, 0.15) is 44.1 Å². The number of hydrogen-bond donors (Lipinski definition) is 1. The van der Waals surface area contributed by atoms with Crippen molar-refractivity contribution in [1.82, 2.24) is 0 Å². The Kier molecular flexibility index (Phi) is 3.53. The first kappa shape index (κ1) is 15.1. The lowest BCUT2D eigenvalue weighted by atomic mass is 9.86. The molecule has 1 atom stereocenters. The summed E-state index contributed by atoms with van der Waals surface area (Å²) < 4.78 is 38.9. The Hall–Kier alpha value is -1.79. The third-order valence-electron chi connectivity index (χ3n) is 4.88. The molecule has 1 aromatic carbocycles. The summed E-state index contributed by atoms with van der Waals surface area (Å²) >= 11 is 0. The molecule has 120 valence electrons. The second kappa shape index (κ2) is 5.14. The van der Waals surface area contributed by atoms with E-state index in [-0.39, 0.29) is 11.5 Å². The highest BCUT2D eigenvalue weighted by Gasteiger charge is 2.53. The van der Waals surface area contributed by atoms with Crippen molar-refractivity contribution in [3.8, 4) is 0 Å². The van der Waals surface area contributed by atoms with Gasteiger partial charge in [0.25, 0.3) is 5.69 Å². The molecule has 0 aromatic heterocycles. The van der Waals surface area contributed by atoms with Crippen LogP contribution in [0, 0.1) is 15.5 Å². The molecule has 3 rings (SSSR count). The molecule has 0 aliphatic heterocycles. The minimum absolute atomic E-state index is 0.190. The second-order valence-corrected chi connectivity index (χ2v) is 6.31. The number of anilines is 1. The van der Waals surface area contributed by atoms with Crippen LogP contribution in [0.15, 0.2) is 18.2 Å². The lowest BCUT2D eigenvalue weighted by Crippen LogP contribution is -2.17. The summed E-state index contributed by atoms with van der Waals surface area (Å²) in [6.45, 7) is 0. The fraction of sp³-hybridized carbons (Fsp3) is 0.600. The molecular weight excluding hydrogens is 297 g/mol. The van der Waals surface area contributed by atoms with Gasteiger partial charge in [-0.05, 0) is 36.8 Å². The molecule has 2 aliphatic carbocycles. The van der Waals surface area contributed by atoms with Crippen molar-refractivity contribution in [2.45, 2.75) is 50.7 Å². The molecule has 22 heavy (non-hydrogen) atoms. The Bertz CT molecular complexity index is 595. The fourth-order valence-electron chi connectivity index (χ4n) is 3.57. The van der Waals surface area contributed by atoms with Crippen LogP contribution in [0.25, 0.3) is 0 Å². The predicted octanol–water partition coefficient (Wildman–Crippen LogP) is 4.75. The van der Waals surface area contributed by atoms with Gasteiger partial charge >= 0.3 is 6.18 Å². The number of nitrogens with zero attached hydrogens (tertiary/aromatic N) is 1. The number of nitro groups is 1. The van der Waals surface area contributed by atoms with Gasteiger partial charge in [-0.2, -0.15) is 13.2 Å². The molecule has 0 radical (unpaired) electrons. The maximum atomic E-state index is 13.0. The van der Waals surface area contributed by atoms with Gasteiger partial charge in [0, 0.05) is 17.8 Å². The van der Waals surface area contributed by atoms with Gasteiger partial charge in [0.15, 0.2) is 0 Å². The third kappa shape index (κ3) is 2.76. The van der Waals surface area contributed by atoms with E-state index in [4.69, 9.17) is 0 Å². The van der Waals surface area contributed by atoms with E-state index in [9.17, 15) is 23.3 Å². The average molecular weight is 314 g/mol. The van der Waals surface area contributed by atoms with Crippen LogP contribution < -0.4 is 5.32 Å². The number of halogens is 3. The van der Waals surface area contributed by atoms with Crippen molar-refractivity contribution in [3.05, 3.63) is 33.9 Å². The van der Waals surface area contributed by atoms with E-state index < -0.39 is 22.4 Å². The minimum atomic E-state index is -4.73. The van der Waals surface area contributed by atoms with Gasteiger partial charge in [-0.3, -0.25) is 10.1 Å². The Morgan fingerprint density at radius 2 is 1.91 bits per heavy atom. The van der Waals surface area contributed by atoms with Gasteiger partial charge in [-0.1, -0.05) is 19.3 Å². The fourth-order valence-corrected chi connectivity index (χ4v) is 3.57. The molecule has 0 heterocycles. The lowest BCUT2D eigenvalue weighted by Gasteiger charge is -2.23. The van der Waals surface area contributed by atoms with Crippen molar-refractivity contribution in [3.63, 3.8) is 0 Å². The van der Waals surface area contributed by atoms with Gasteiger partial charge in [-0.25, -0.2) is 0 Å². The van der Waals surface area contributed by atoms with Gasteiger partial charge in [0.1, 0.15) is 5.56 Å². The van der Waals surface area contributed by atoms with E-state index >= 15 is 0 Å². The number of hydrogen-bond acceptors (Lipinski definition) is 3. The molecule has 2 saturated carbocycles. The molecule has 2 fully saturated rings. The first-order valence-corrected chi connectivity index (χ1v) is 7.44. The van der Waals surface area contributed by atoms with E-state index in [0.717, 1.165) is 31.4 Å².